The molecular weight excluding hydrogens is 252 g/mol. The van der Waals surface area contributed by atoms with Crippen molar-refractivity contribution in [3.8, 4) is 0 Å². The summed E-state index contributed by atoms with van der Waals surface area (Å²) in [5.74, 6) is -0.400. The molecule has 0 aliphatic rings. The van der Waals surface area contributed by atoms with Crippen molar-refractivity contribution in [1.29, 1.82) is 0 Å². The summed E-state index contributed by atoms with van der Waals surface area (Å²) in [6, 6.07) is 15.0. The van der Waals surface area contributed by atoms with E-state index in [2.05, 4.69) is 12.2 Å². The third kappa shape index (κ3) is 3.45. The Labute approximate surface area is 118 Å². The van der Waals surface area contributed by atoms with Crippen molar-refractivity contribution in [2.75, 3.05) is 17.7 Å². The van der Waals surface area contributed by atoms with Crippen molar-refractivity contribution >= 4 is 17.3 Å². The van der Waals surface area contributed by atoms with E-state index in [0.717, 1.165) is 5.56 Å². The molecule has 3 N–H and O–H groups in total. The number of rotatable bonds is 5. The summed E-state index contributed by atoms with van der Waals surface area (Å²) in [5.41, 5.74) is 8.80. The van der Waals surface area contributed by atoms with Crippen LogP contribution in [0.5, 0.6) is 0 Å². The van der Waals surface area contributed by atoms with Gasteiger partial charge >= 0.3 is 5.97 Å². The molecule has 4 heteroatoms. The van der Waals surface area contributed by atoms with Crippen LogP contribution in [-0.2, 0) is 11.3 Å². The molecule has 0 heterocycles. The zero-order valence-corrected chi connectivity index (χ0v) is 11.1. The fourth-order valence-electron chi connectivity index (χ4n) is 1.81. The summed E-state index contributed by atoms with van der Waals surface area (Å²) in [6.45, 7) is 4.23. The molecule has 102 valence electrons. The number of esters is 1. The van der Waals surface area contributed by atoms with Gasteiger partial charge in [-0.15, -0.1) is 0 Å². The van der Waals surface area contributed by atoms with Crippen LogP contribution in [0, 0.1) is 6.92 Å². The van der Waals surface area contributed by atoms with Crippen LogP contribution in [-0.4, -0.2) is 12.6 Å². The number of benzene rings is 2. The van der Waals surface area contributed by atoms with Crippen LogP contribution in [0.1, 0.15) is 15.9 Å². The zero-order chi connectivity index (χ0) is 14.4. The Morgan fingerprint density at radius 1 is 1.20 bits per heavy atom. The van der Waals surface area contributed by atoms with Gasteiger partial charge in [0.05, 0.1) is 16.9 Å². The molecule has 2 rings (SSSR count). The average Bonchev–Trinajstić information content (AvgIpc) is 2.47. The van der Waals surface area contributed by atoms with E-state index in [1.807, 2.05) is 30.3 Å². The quantitative estimate of drug-likeness (QED) is 0.497. The third-order valence-corrected chi connectivity index (χ3v) is 2.85. The van der Waals surface area contributed by atoms with Crippen LogP contribution in [0.3, 0.4) is 0 Å². The lowest BCUT2D eigenvalue weighted by Gasteiger charge is -2.10. The predicted molar refractivity (Wildman–Crippen MR) is 80.3 cm³/mol. The van der Waals surface area contributed by atoms with E-state index in [9.17, 15) is 4.79 Å². The maximum atomic E-state index is 11.7. The van der Waals surface area contributed by atoms with Crippen LogP contribution in [0.4, 0.5) is 11.4 Å². The predicted octanol–water partition coefficient (Wildman–Crippen LogP) is 2.87. The van der Waals surface area contributed by atoms with E-state index in [4.69, 9.17) is 10.5 Å². The molecule has 0 fully saturated rings. The van der Waals surface area contributed by atoms with Gasteiger partial charge in [-0.3, -0.25) is 0 Å². The van der Waals surface area contributed by atoms with Crippen LogP contribution in [0.15, 0.2) is 48.5 Å². The Morgan fingerprint density at radius 3 is 2.65 bits per heavy atom. The maximum Gasteiger partial charge on any atom is 0.341 e. The summed E-state index contributed by atoms with van der Waals surface area (Å²) in [5, 5.41) is 3.22. The molecule has 2 aromatic rings. The largest absolute Gasteiger partial charge is 0.420 e. The van der Waals surface area contributed by atoms with E-state index < -0.39 is 5.97 Å². The number of nitrogens with one attached hydrogen (secondary N) is 1. The molecule has 4 nitrogen and oxygen atoms in total. The van der Waals surface area contributed by atoms with Crippen LogP contribution < -0.4 is 11.1 Å². The maximum absolute atomic E-state index is 11.7. The molecule has 0 atom stereocenters. The Morgan fingerprint density at radius 2 is 1.95 bits per heavy atom. The summed E-state index contributed by atoms with van der Waals surface area (Å²) >= 11 is 0. The van der Waals surface area contributed by atoms with Crippen LogP contribution in [0.2, 0.25) is 0 Å². The van der Waals surface area contributed by atoms with Gasteiger partial charge in [0.2, 0.25) is 6.61 Å². The van der Waals surface area contributed by atoms with Gasteiger partial charge in [0.25, 0.3) is 0 Å². The van der Waals surface area contributed by atoms with Crippen molar-refractivity contribution in [2.45, 2.75) is 6.54 Å². The molecule has 0 aliphatic carbocycles. The number of anilines is 2. The van der Waals surface area contributed by atoms with Gasteiger partial charge in [-0.25, -0.2) is 4.79 Å². The number of nitrogens with two attached hydrogens (primary N) is 1. The molecule has 0 aliphatic heterocycles. The van der Waals surface area contributed by atoms with Gasteiger partial charge in [0.1, 0.15) is 6.92 Å². The Bertz CT molecular complexity index is 582. The van der Waals surface area contributed by atoms with Crippen molar-refractivity contribution in [2.24, 2.45) is 0 Å². The summed E-state index contributed by atoms with van der Waals surface area (Å²) in [6.07, 6.45) is 0. The second-order valence-corrected chi connectivity index (χ2v) is 4.28. The molecule has 0 aromatic heterocycles. The van der Waals surface area contributed by atoms with E-state index in [-0.39, 0.29) is 6.61 Å². The average molecular weight is 269 g/mol. The molecule has 20 heavy (non-hydrogen) atoms. The first kappa shape index (κ1) is 13.8. The standard InChI is InChI=1S/C16H16N2O2/c1-2-20-16(19)13-8-9-14(17)15(10-13)18-11-12-6-4-3-5-7-12/h3-10,18H,1-2,11H2,(H-,17,19)/p+1. The van der Waals surface area contributed by atoms with E-state index in [1.165, 1.54) is 0 Å². The lowest BCUT2D eigenvalue weighted by atomic mass is 10.1. The first-order valence-electron chi connectivity index (χ1n) is 6.34. The van der Waals surface area contributed by atoms with E-state index in [0.29, 0.717) is 23.5 Å². The Balaban J connectivity index is 2.10. The highest BCUT2D eigenvalue weighted by Crippen LogP contribution is 2.21. The van der Waals surface area contributed by atoms with Gasteiger partial charge in [0.15, 0.2) is 0 Å². The molecule has 0 unspecified atom stereocenters. The van der Waals surface area contributed by atoms with Gasteiger partial charge in [0, 0.05) is 6.54 Å². The number of carbonyl (C=O) groups is 1. The number of carbonyl (C=O) groups excluding carboxylic acids is 1. The Hall–Kier alpha value is -2.62. The van der Waals surface area contributed by atoms with Crippen LogP contribution >= 0.6 is 0 Å². The summed E-state index contributed by atoms with van der Waals surface area (Å²) < 4.78 is 4.87. The minimum atomic E-state index is -0.400. The van der Waals surface area contributed by atoms with Gasteiger partial charge in [-0.2, -0.15) is 0 Å². The number of nitrogen functional groups attached to an aromatic ring is 1. The smallest absolute Gasteiger partial charge is 0.341 e. The van der Waals surface area contributed by atoms with Crippen molar-refractivity contribution < 1.29 is 9.53 Å². The lowest BCUT2D eigenvalue weighted by molar-refractivity contribution is 0.0547. The highest BCUT2D eigenvalue weighted by atomic mass is 16.5. The first-order chi connectivity index (χ1) is 9.70. The molecule has 0 amide bonds. The van der Waals surface area contributed by atoms with Crippen molar-refractivity contribution in [3.05, 3.63) is 66.6 Å². The third-order valence-electron chi connectivity index (χ3n) is 2.85. The van der Waals surface area contributed by atoms with Gasteiger partial charge < -0.3 is 15.8 Å². The summed E-state index contributed by atoms with van der Waals surface area (Å²) in [7, 11) is 0. The van der Waals surface area contributed by atoms with E-state index in [1.54, 1.807) is 18.2 Å². The second kappa shape index (κ2) is 6.52. The van der Waals surface area contributed by atoms with Crippen LogP contribution in [0.25, 0.3) is 0 Å². The fraction of sp³-hybridized carbons (Fsp3) is 0.125. The molecule has 0 spiro atoms. The topological polar surface area (TPSA) is 64.3 Å². The number of ether oxygens (including phenoxy) is 1. The first-order valence-corrected chi connectivity index (χ1v) is 6.34. The molecule has 0 saturated heterocycles. The molecule has 2 aromatic carbocycles. The highest BCUT2D eigenvalue weighted by Gasteiger charge is 2.09. The molecule has 0 bridgehead atoms. The van der Waals surface area contributed by atoms with Crippen molar-refractivity contribution in [1.82, 2.24) is 0 Å². The zero-order valence-electron chi connectivity index (χ0n) is 11.1. The lowest BCUT2D eigenvalue weighted by Crippen LogP contribution is -2.07. The van der Waals surface area contributed by atoms with E-state index >= 15 is 0 Å². The molecular formula is C16H17N2O2+. The molecule has 0 radical (unpaired) electrons. The minimum Gasteiger partial charge on any atom is -0.420 e. The fourth-order valence-corrected chi connectivity index (χ4v) is 1.81. The SMILES string of the molecule is [CH2+]COC(=O)c1ccc(N)c(NCc2ccccc2)c1. The Kier molecular flexibility index (Phi) is 4.50. The number of hydrogen-bond acceptors (Lipinski definition) is 4. The second-order valence-electron chi connectivity index (χ2n) is 4.28. The summed E-state index contributed by atoms with van der Waals surface area (Å²) in [4.78, 5) is 11.7. The molecule has 0 saturated carbocycles. The normalized spacial score (nSPS) is 10.0. The number of hydrogen-bond donors (Lipinski definition) is 2. The van der Waals surface area contributed by atoms with Gasteiger partial charge in [-0.1, -0.05) is 30.3 Å². The van der Waals surface area contributed by atoms with Gasteiger partial charge in [-0.05, 0) is 23.8 Å². The monoisotopic (exact) mass is 269 g/mol. The van der Waals surface area contributed by atoms with Crippen molar-refractivity contribution in [3.63, 3.8) is 0 Å². The minimum absolute atomic E-state index is 0.107. The highest BCUT2D eigenvalue weighted by molar-refractivity contribution is 5.92.